The third-order valence-corrected chi connectivity index (χ3v) is 3.10. The maximum atomic E-state index is 12.5. The predicted molar refractivity (Wildman–Crippen MR) is 70.0 cm³/mol. The van der Waals surface area contributed by atoms with Gasteiger partial charge in [-0.3, -0.25) is 4.40 Å². The van der Waals surface area contributed by atoms with Crippen LogP contribution < -0.4 is 5.69 Å². The van der Waals surface area contributed by atoms with Crippen LogP contribution in [0, 0.1) is 0 Å². The Hall–Kier alpha value is -2.57. The van der Waals surface area contributed by atoms with E-state index in [1.807, 2.05) is 0 Å². The second-order valence-electron chi connectivity index (χ2n) is 4.56. The van der Waals surface area contributed by atoms with Crippen LogP contribution in [0.1, 0.15) is 11.1 Å². The van der Waals surface area contributed by atoms with E-state index in [0.717, 1.165) is 12.1 Å². The van der Waals surface area contributed by atoms with Crippen molar-refractivity contribution in [3.05, 3.63) is 70.3 Å². The molecule has 0 fully saturated rings. The Morgan fingerprint density at radius 3 is 2.38 bits per heavy atom. The van der Waals surface area contributed by atoms with E-state index >= 15 is 0 Å². The molecule has 7 heteroatoms. The van der Waals surface area contributed by atoms with Gasteiger partial charge in [0.15, 0.2) is 5.65 Å². The van der Waals surface area contributed by atoms with E-state index < -0.39 is 11.7 Å². The zero-order chi connectivity index (χ0) is 15.0. The molecule has 0 amide bonds. The summed E-state index contributed by atoms with van der Waals surface area (Å²) in [6, 6.07) is 9.83. The van der Waals surface area contributed by atoms with Crippen LogP contribution >= 0.6 is 0 Å². The zero-order valence-electron chi connectivity index (χ0n) is 10.7. The number of aromatic nitrogens is 3. The van der Waals surface area contributed by atoms with E-state index in [2.05, 4.69) is 5.10 Å². The van der Waals surface area contributed by atoms with Crippen LogP contribution in [0.5, 0.6) is 0 Å². The van der Waals surface area contributed by atoms with Gasteiger partial charge in [0, 0.05) is 6.20 Å². The minimum Gasteiger partial charge on any atom is -0.250 e. The lowest BCUT2D eigenvalue weighted by Crippen LogP contribution is -2.21. The highest BCUT2D eigenvalue weighted by molar-refractivity contribution is 5.35. The Labute approximate surface area is 117 Å². The van der Waals surface area contributed by atoms with E-state index in [0.29, 0.717) is 11.2 Å². The van der Waals surface area contributed by atoms with Gasteiger partial charge in [-0.25, -0.2) is 9.48 Å². The summed E-state index contributed by atoms with van der Waals surface area (Å²) in [5, 5.41) is 4.12. The molecule has 0 N–H and O–H groups in total. The van der Waals surface area contributed by atoms with Gasteiger partial charge in [-0.2, -0.15) is 13.2 Å². The Morgan fingerprint density at radius 1 is 1.05 bits per heavy atom. The second kappa shape index (κ2) is 4.76. The topological polar surface area (TPSA) is 39.3 Å². The molecule has 0 atom stereocenters. The third-order valence-electron chi connectivity index (χ3n) is 3.10. The molecule has 0 spiro atoms. The van der Waals surface area contributed by atoms with Gasteiger partial charge < -0.3 is 0 Å². The summed E-state index contributed by atoms with van der Waals surface area (Å²) in [5.74, 6) is 0. The van der Waals surface area contributed by atoms with Crippen molar-refractivity contribution in [1.29, 1.82) is 0 Å². The first-order valence-electron chi connectivity index (χ1n) is 6.15. The maximum absolute atomic E-state index is 12.5. The maximum Gasteiger partial charge on any atom is 0.416 e. The lowest BCUT2D eigenvalue weighted by Gasteiger charge is -2.07. The van der Waals surface area contributed by atoms with Crippen molar-refractivity contribution < 1.29 is 13.2 Å². The van der Waals surface area contributed by atoms with Gasteiger partial charge in [-0.15, -0.1) is 5.10 Å². The molecular weight excluding hydrogens is 283 g/mol. The summed E-state index contributed by atoms with van der Waals surface area (Å²) in [6.45, 7) is 0.124. The average molecular weight is 293 g/mol. The molecule has 21 heavy (non-hydrogen) atoms. The lowest BCUT2D eigenvalue weighted by molar-refractivity contribution is -0.137. The average Bonchev–Trinajstić information content (AvgIpc) is 2.76. The fraction of sp³-hybridized carbons (Fsp3) is 0.143. The van der Waals surface area contributed by atoms with Crippen LogP contribution in [0.25, 0.3) is 5.65 Å². The minimum atomic E-state index is -4.36. The molecule has 0 aliphatic heterocycles. The Bertz CT molecular complexity index is 831. The standard InChI is InChI=1S/C14H10F3N3O/c15-14(16,17)11-6-4-10(5-7-11)9-20-13(21)19-8-2-1-3-12(19)18-20/h1-8H,9H2. The third kappa shape index (κ3) is 2.54. The molecule has 4 nitrogen and oxygen atoms in total. The highest BCUT2D eigenvalue weighted by atomic mass is 19.4. The van der Waals surface area contributed by atoms with Crippen LogP contribution in [0.15, 0.2) is 53.5 Å². The smallest absolute Gasteiger partial charge is 0.250 e. The Balaban J connectivity index is 1.92. The number of nitrogens with zero attached hydrogens (tertiary/aromatic N) is 3. The SMILES string of the molecule is O=c1n(Cc2ccc(C(F)(F)F)cc2)nc2ccccn12. The summed E-state index contributed by atoms with van der Waals surface area (Å²) < 4.78 is 40.0. The molecule has 2 aromatic heterocycles. The lowest BCUT2D eigenvalue weighted by atomic mass is 10.1. The van der Waals surface area contributed by atoms with Crippen molar-refractivity contribution in [2.45, 2.75) is 12.7 Å². The molecule has 3 rings (SSSR count). The molecule has 0 unspecified atom stereocenters. The van der Waals surface area contributed by atoms with E-state index in [-0.39, 0.29) is 12.2 Å². The van der Waals surface area contributed by atoms with Crippen LogP contribution in [-0.4, -0.2) is 14.2 Å². The van der Waals surface area contributed by atoms with Gasteiger partial charge in [-0.05, 0) is 29.8 Å². The van der Waals surface area contributed by atoms with Crippen molar-refractivity contribution in [3.63, 3.8) is 0 Å². The van der Waals surface area contributed by atoms with Crippen molar-refractivity contribution in [1.82, 2.24) is 14.2 Å². The van der Waals surface area contributed by atoms with Crippen molar-refractivity contribution in [3.8, 4) is 0 Å². The molecule has 0 aliphatic carbocycles. The van der Waals surface area contributed by atoms with Crippen molar-refractivity contribution in [2.75, 3.05) is 0 Å². The van der Waals surface area contributed by atoms with Crippen LogP contribution in [0.3, 0.4) is 0 Å². The van der Waals surface area contributed by atoms with Gasteiger partial charge in [0.25, 0.3) is 0 Å². The predicted octanol–water partition coefficient (Wildman–Crippen LogP) is 2.56. The van der Waals surface area contributed by atoms with Gasteiger partial charge in [-0.1, -0.05) is 18.2 Å². The summed E-state index contributed by atoms with van der Waals surface area (Å²) >= 11 is 0. The first-order chi connectivity index (χ1) is 9.95. The number of halogens is 3. The molecule has 0 aliphatic rings. The number of pyridine rings is 1. The fourth-order valence-corrected chi connectivity index (χ4v) is 2.04. The van der Waals surface area contributed by atoms with Crippen LogP contribution in [-0.2, 0) is 12.7 Å². The normalized spacial score (nSPS) is 12.0. The number of fused-ring (bicyclic) bond motifs is 1. The van der Waals surface area contributed by atoms with Crippen molar-refractivity contribution in [2.24, 2.45) is 0 Å². The summed E-state index contributed by atoms with van der Waals surface area (Å²) in [4.78, 5) is 12.0. The van der Waals surface area contributed by atoms with Crippen molar-refractivity contribution >= 4 is 5.65 Å². The Morgan fingerprint density at radius 2 is 1.76 bits per heavy atom. The highest BCUT2D eigenvalue weighted by Crippen LogP contribution is 2.29. The van der Waals surface area contributed by atoms with E-state index in [9.17, 15) is 18.0 Å². The molecular formula is C14H10F3N3O. The summed E-state index contributed by atoms with van der Waals surface area (Å²) in [5.41, 5.74) is 0.0296. The number of benzene rings is 1. The largest absolute Gasteiger partial charge is 0.416 e. The van der Waals surface area contributed by atoms with E-state index in [1.165, 1.54) is 21.2 Å². The van der Waals surface area contributed by atoms with Crippen LogP contribution in [0.4, 0.5) is 13.2 Å². The molecule has 1 aromatic carbocycles. The molecule has 0 bridgehead atoms. The molecule has 3 aromatic rings. The Kier molecular flexibility index (Phi) is 3.04. The molecule has 108 valence electrons. The number of rotatable bonds is 2. The quantitative estimate of drug-likeness (QED) is 0.728. The molecule has 2 heterocycles. The number of alkyl halides is 3. The fourth-order valence-electron chi connectivity index (χ4n) is 2.04. The number of hydrogen-bond acceptors (Lipinski definition) is 2. The van der Waals surface area contributed by atoms with Gasteiger partial charge in [0.05, 0.1) is 12.1 Å². The van der Waals surface area contributed by atoms with Crippen LogP contribution in [0.2, 0.25) is 0 Å². The van der Waals surface area contributed by atoms with E-state index in [4.69, 9.17) is 0 Å². The highest BCUT2D eigenvalue weighted by Gasteiger charge is 2.29. The van der Waals surface area contributed by atoms with Gasteiger partial charge in [0.1, 0.15) is 0 Å². The summed E-state index contributed by atoms with van der Waals surface area (Å²) in [6.07, 6.45) is -2.77. The number of hydrogen-bond donors (Lipinski definition) is 0. The van der Waals surface area contributed by atoms with Gasteiger partial charge >= 0.3 is 11.9 Å². The van der Waals surface area contributed by atoms with Gasteiger partial charge in [0.2, 0.25) is 0 Å². The first kappa shape index (κ1) is 13.4. The molecule has 0 saturated carbocycles. The minimum absolute atomic E-state index is 0.124. The summed E-state index contributed by atoms with van der Waals surface area (Å²) in [7, 11) is 0. The van der Waals surface area contributed by atoms with E-state index in [1.54, 1.807) is 24.4 Å². The monoisotopic (exact) mass is 293 g/mol. The second-order valence-corrected chi connectivity index (χ2v) is 4.56. The zero-order valence-corrected chi connectivity index (χ0v) is 10.7. The molecule has 0 radical (unpaired) electrons. The molecule has 0 saturated heterocycles. The first-order valence-corrected chi connectivity index (χ1v) is 6.15.